The lowest BCUT2D eigenvalue weighted by Crippen LogP contribution is -2.44. The lowest BCUT2D eigenvalue weighted by molar-refractivity contribution is 0.406. The largest absolute Gasteiger partial charge is 0.364 e. The molecule has 0 saturated carbocycles. The van der Waals surface area contributed by atoms with E-state index in [1.165, 1.54) is 0 Å². The van der Waals surface area contributed by atoms with Crippen LogP contribution in [0.25, 0.3) is 0 Å². The van der Waals surface area contributed by atoms with Crippen LogP contribution in [0.2, 0.25) is 0 Å². The quantitative estimate of drug-likeness (QED) is 0.823. The minimum atomic E-state index is -0.110. The molecule has 1 aromatic rings. The average Bonchev–Trinajstić information content (AvgIpc) is 2.14. The lowest BCUT2D eigenvalue weighted by Gasteiger charge is -2.31. The van der Waals surface area contributed by atoms with Crippen molar-refractivity contribution in [1.29, 1.82) is 0 Å². The van der Waals surface area contributed by atoms with Gasteiger partial charge in [0.1, 0.15) is 11.6 Å². The maximum atomic E-state index is 5.87. The zero-order valence-corrected chi connectivity index (χ0v) is 11.5. The number of hydrogen-bond donors (Lipinski definition) is 2. The van der Waals surface area contributed by atoms with Crippen LogP contribution in [0.5, 0.6) is 0 Å². The van der Waals surface area contributed by atoms with E-state index in [0.717, 1.165) is 23.8 Å². The van der Waals surface area contributed by atoms with Crippen molar-refractivity contribution in [2.45, 2.75) is 46.6 Å². The Balaban J connectivity index is 2.86. The molecule has 0 aliphatic rings. The zero-order chi connectivity index (χ0) is 13.1. The molecule has 1 heterocycles. The molecule has 0 spiro atoms. The molecule has 17 heavy (non-hydrogen) atoms. The third-order valence-corrected chi connectivity index (χ3v) is 2.71. The van der Waals surface area contributed by atoms with E-state index in [2.05, 4.69) is 36.1 Å². The third kappa shape index (κ3) is 4.30. The van der Waals surface area contributed by atoms with Gasteiger partial charge in [-0.15, -0.1) is 0 Å². The fraction of sp³-hybridized carbons (Fsp3) is 0.692. The number of anilines is 1. The van der Waals surface area contributed by atoms with E-state index in [4.69, 9.17) is 5.73 Å². The molecule has 0 aliphatic heterocycles. The molecule has 0 bridgehead atoms. The number of hydrogen-bond acceptors (Lipinski definition) is 4. The lowest BCUT2D eigenvalue weighted by atomic mass is 9.91. The highest BCUT2D eigenvalue weighted by atomic mass is 15.1. The highest BCUT2D eigenvalue weighted by Gasteiger charge is 2.24. The zero-order valence-electron chi connectivity index (χ0n) is 11.5. The SMILES string of the molecule is Cc1cc(NC(C)(CN)CC(C)C)nc(C)n1. The van der Waals surface area contributed by atoms with Crippen molar-refractivity contribution in [3.05, 3.63) is 17.6 Å². The molecule has 0 fully saturated rings. The highest BCUT2D eigenvalue weighted by molar-refractivity contribution is 5.39. The van der Waals surface area contributed by atoms with Crippen LogP contribution in [0.15, 0.2) is 6.07 Å². The van der Waals surface area contributed by atoms with Crippen molar-refractivity contribution in [2.24, 2.45) is 11.7 Å². The van der Waals surface area contributed by atoms with Gasteiger partial charge in [0.15, 0.2) is 0 Å². The molecule has 1 atom stereocenters. The number of nitrogens with one attached hydrogen (secondary N) is 1. The van der Waals surface area contributed by atoms with Gasteiger partial charge in [0.2, 0.25) is 0 Å². The smallest absolute Gasteiger partial charge is 0.130 e. The fourth-order valence-electron chi connectivity index (χ4n) is 2.18. The molecule has 4 nitrogen and oxygen atoms in total. The van der Waals surface area contributed by atoms with Gasteiger partial charge in [0, 0.05) is 23.8 Å². The molecule has 1 rings (SSSR count). The first kappa shape index (κ1) is 13.9. The van der Waals surface area contributed by atoms with Crippen LogP contribution in [0.3, 0.4) is 0 Å². The van der Waals surface area contributed by atoms with E-state index >= 15 is 0 Å². The summed E-state index contributed by atoms with van der Waals surface area (Å²) in [6.45, 7) is 11.0. The molecule has 0 aliphatic carbocycles. The summed E-state index contributed by atoms with van der Waals surface area (Å²) < 4.78 is 0. The number of aromatic nitrogens is 2. The summed E-state index contributed by atoms with van der Waals surface area (Å²) in [7, 11) is 0. The Kier molecular flexibility index (Phi) is 4.46. The first-order valence-corrected chi connectivity index (χ1v) is 6.15. The van der Waals surface area contributed by atoms with Crippen molar-refractivity contribution in [3.8, 4) is 0 Å². The van der Waals surface area contributed by atoms with E-state index in [9.17, 15) is 0 Å². The summed E-state index contributed by atoms with van der Waals surface area (Å²) in [4.78, 5) is 8.67. The van der Waals surface area contributed by atoms with E-state index in [1.54, 1.807) is 0 Å². The molecule has 4 heteroatoms. The molecule has 96 valence electrons. The number of nitrogens with two attached hydrogens (primary N) is 1. The normalized spacial score (nSPS) is 14.8. The van der Waals surface area contributed by atoms with Gasteiger partial charge in [-0.2, -0.15) is 0 Å². The molecule has 0 saturated heterocycles. The molecule has 1 aromatic heterocycles. The first-order chi connectivity index (χ1) is 7.84. The summed E-state index contributed by atoms with van der Waals surface area (Å²) in [5.41, 5.74) is 6.74. The van der Waals surface area contributed by atoms with Crippen LogP contribution in [-0.2, 0) is 0 Å². The second kappa shape index (κ2) is 5.45. The van der Waals surface area contributed by atoms with Crippen LogP contribution in [-0.4, -0.2) is 22.1 Å². The predicted molar refractivity (Wildman–Crippen MR) is 72.0 cm³/mol. The summed E-state index contributed by atoms with van der Waals surface area (Å²) >= 11 is 0. The Morgan fingerprint density at radius 1 is 1.35 bits per heavy atom. The van der Waals surface area contributed by atoms with Crippen LogP contribution < -0.4 is 11.1 Å². The maximum absolute atomic E-state index is 5.87. The van der Waals surface area contributed by atoms with Crippen molar-refractivity contribution in [2.75, 3.05) is 11.9 Å². The monoisotopic (exact) mass is 236 g/mol. The summed E-state index contributed by atoms with van der Waals surface area (Å²) in [5, 5.41) is 3.44. The summed E-state index contributed by atoms with van der Waals surface area (Å²) in [5.74, 6) is 2.25. The number of nitrogens with zero attached hydrogens (tertiary/aromatic N) is 2. The number of aryl methyl sites for hydroxylation is 2. The van der Waals surface area contributed by atoms with Gasteiger partial charge in [-0.3, -0.25) is 0 Å². The van der Waals surface area contributed by atoms with Gasteiger partial charge in [-0.05, 0) is 33.1 Å². The van der Waals surface area contributed by atoms with Crippen LogP contribution in [0.4, 0.5) is 5.82 Å². The molecule has 0 radical (unpaired) electrons. The topological polar surface area (TPSA) is 63.8 Å². The Hall–Kier alpha value is -1.16. The predicted octanol–water partition coefficient (Wildman–Crippen LogP) is 2.27. The Labute approximate surface area is 104 Å². The van der Waals surface area contributed by atoms with Crippen LogP contribution >= 0.6 is 0 Å². The molecular weight excluding hydrogens is 212 g/mol. The van der Waals surface area contributed by atoms with Gasteiger partial charge in [-0.1, -0.05) is 13.8 Å². The second-order valence-corrected chi connectivity index (χ2v) is 5.43. The molecule has 3 N–H and O–H groups in total. The van der Waals surface area contributed by atoms with Gasteiger partial charge >= 0.3 is 0 Å². The highest BCUT2D eigenvalue weighted by Crippen LogP contribution is 2.20. The average molecular weight is 236 g/mol. The van der Waals surface area contributed by atoms with E-state index < -0.39 is 0 Å². The van der Waals surface area contributed by atoms with Crippen molar-refractivity contribution < 1.29 is 0 Å². The molecular formula is C13H24N4. The fourth-order valence-corrected chi connectivity index (χ4v) is 2.18. The Morgan fingerprint density at radius 3 is 2.47 bits per heavy atom. The second-order valence-electron chi connectivity index (χ2n) is 5.43. The maximum Gasteiger partial charge on any atom is 0.130 e. The van der Waals surface area contributed by atoms with Crippen molar-refractivity contribution in [3.63, 3.8) is 0 Å². The van der Waals surface area contributed by atoms with Gasteiger partial charge in [-0.25, -0.2) is 9.97 Å². The summed E-state index contributed by atoms with van der Waals surface area (Å²) in [6.07, 6.45) is 1.02. The summed E-state index contributed by atoms with van der Waals surface area (Å²) in [6, 6.07) is 1.96. The van der Waals surface area contributed by atoms with Crippen molar-refractivity contribution in [1.82, 2.24) is 9.97 Å². The minimum Gasteiger partial charge on any atom is -0.364 e. The first-order valence-electron chi connectivity index (χ1n) is 6.15. The molecule has 1 unspecified atom stereocenters. The van der Waals surface area contributed by atoms with Gasteiger partial charge < -0.3 is 11.1 Å². The van der Waals surface area contributed by atoms with Crippen molar-refractivity contribution >= 4 is 5.82 Å². The molecule has 0 amide bonds. The Bertz CT molecular complexity index is 355. The Morgan fingerprint density at radius 2 is 2.00 bits per heavy atom. The minimum absolute atomic E-state index is 0.110. The third-order valence-electron chi connectivity index (χ3n) is 2.71. The van der Waals surface area contributed by atoms with Gasteiger partial charge in [0.05, 0.1) is 0 Å². The standard InChI is InChI=1S/C13H24N4/c1-9(2)7-13(5,8-14)17-12-6-10(3)15-11(4)16-12/h6,9H,7-8,14H2,1-5H3,(H,15,16,17). The number of rotatable bonds is 5. The van der Waals surface area contributed by atoms with E-state index in [0.29, 0.717) is 12.5 Å². The van der Waals surface area contributed by atoms with Gasteiger partial charge in [0.25, 0.3) is 0 Å². The van der Waals surface area contributed by atoms with Crippen LogP contribution in [0, 0.1) is 19.8 Å². The molecule has 0 aromatic carbocycles. The van der Waals surface area contributed by atoms with E-state index in [-0.39, 0.29) is 5.54 Å². The van der Waals surface area contributed by atoms with E-state index in [1.807, 2.05) is 19.9 Å². The van der Waals surface area contributed by atoms with Crippen LogP contribution in [0.1, 0.15) is 38.7 Å².